The van der Waals surface area contributed by atoms with E-state index in [1.807, 2.05) is 18.2 Å². The highest BCUT2D eigenvalue weighted by Crippen LogP contribution is 2.03. The van der Waals surface area contributed by atoms with E-state index in [0.29, 0.717) is 5.69 Å². The van der Waals surface area contributed by atoms with E-state index >= 15 is 0 Å². The Kier molecular flexibility index (Phi) is 6.93. The molecule has 94 valence electrons. The van der Waals surface area contributed by atoms with E-state index in [0.717, 1.165) is 0 Å². The van der Waals surface area contributed by atoms with Gasteiger partial charge in [0.2, 0.25) is 11.8 Å². The number of halogens is 1. The lowest BCUT2D eigenvalue weighted by atomic mass is 10.3. The van der Waals surface area contributed by atoms with E-state index < -0.39 is 6.04 Å². The summed E-state index contributed by atoms with van der Waals surface area (Å²) in [7, 11) is 0. The average Bonchev–Trinajstić information content (AvgIpc) is 2.27. The third kappa shape index (κ3) is 5.89. The number of nitrogens with two attached hydrogens (primary N) is 1. The zero-order chi connectivity index (χ0) is 12.0. The van der Waals surface area contributed by atoms with Crippen LogP contribution < -0.4 is 16.4 Å². The third-order valence-electron chi connectivity index (χ3n) is 1.89. The number of amides is 2. The Morgan fingerprint density at radius 3 is 2.41 bits per heavy atom. The van der Waals surface area contributed by atoms with Gasteiger partial charge >= 0.3 is 0 Å². The first-order chi connectivity index (χ1) is 7.59. The average molecular weight is 258 g/mol. The molecule has 1 aromatic rings. The predicted octanol–water partition coefficient (Wildman–Crippen LogP) is 0.510. The van der Waals surface area contributed by atoms with Gasteiger partial charge in [-0.3, -0.25) is 9.59 Å². The van der Waals surface area contributed by atoms with Gasteiger partial charge in [-0.1, -0.05) is 18.2 Å². The molecule has 0 aliphatic carbocycles. The number of hydrogen-bond acceptors (Lipinski definition) is 3. The molecule has 0 bridgehead atoms. The molecule has 2 amide bonds. The molecule has 0 radical (unpaired) electrons. The molecule has 1 atom stereocenters. The SMILES string of the molecule is C[C@H](N)C(=O)NCC(=O)Nc1ccccc1.Cl. The first-order valence-electron chi connectivity index (χ1n) is 4.98. The smallest absolute Gasteiger partial charge is 0.243 e. The van der Waals surface area contributed by atoms with Gasteiger partial charge in [-0.15, -0.1) is 12.4 Å². The number of rotatable bonds is 4. The van der Waals surface area contributed by atoms with E-state index in [-0.39, 0.29) is 30.8 Å². The summed E-state index contributed by atoms with van der Waals surface area (Å²) >= 11 is 0. The standard InChI is InChI=1S/C11H15N3O2.ClH/c1-8(12)11(16)13-7-10(15)14-9-5-3-2-4-6-9;/h2-6,8H,7,12H2,1H3,(H,13,16)(H,14,15);1H/t8-;/m0./s1. The van der Waals surface area contributed by atoms with Crippen molar-refractivity contribution in [2.75, 3.05) is 11.9 Å². The van der Waals surface area contributed by atoms with Crippen LogP contribution in [0.4, 0.5) is 5.69 Å². The molecule has 4 N–H and O–H groups in total. The van der Waals surface area contributed by atoms with Crippen molar-refractivity contribution in [1.29, 1.82) is 0 Å². The monoisotopic (exact) mass is 257 g/mol. The van der Waals surface area contributed by atoms with E-state index in [2.05, 4.69) is 10.6 Å². The molecule has 0 saturated heterocycles. The Bertz CT molecular complexity index is 368. The maximum atomic E-state index is 11.4. The van der Waals surface area contributed by atoms with E-state index in [4.69, 9.17) is 5.73 Å². The van der Waals surface area contributed by atoms with Gasteiger partial charge in [-0.25, -0.2) is 0 Å². The summed E-state index contributed by atoms with van der Waals surface area (Å²) in [6, 6.07) is 8.42. The second-order valence-corrected chi connectivity index (χ2v) is 3.42. The molecular weight excluding hydrogens is 242 g/mol. The van der Waals surface area contributed by atoms with Crippen molar-refractivity contribution in [3.05, 3.63) is 30.3 Å². The van der Waals surface area contributed by atoms with Gasteiger partial charge in [0.25, 0.3) is 0 Å². The van der Waals surface area contributed by atoms with Crippen LogP contribution in [-0.2, 0) is 9.59 Å². The number of hydrogen-bond donors (Lipinski definition) is 3. The molecule has 5 nitrogen and oxygen atoms in total. The Balaban J connectivity index is 0.00000256. The van der Waals surface area contributed by atoms with Gasteiger partial charge in [0.05, 0.1) is 12.6 Å². The van der Waals surface area contributed by atoms with E-state index in [1.54, 1.807) is 19.1 Å². The number of carbonyl (C=O) groups excluding carboxylic acids is 2. The lowest BCUT2D eigenvalue weighted by molar-refractivity contribution is -0.124. The van der Waals surface area contributed by atoms with Crippen LogP contribution in [0.5, 0.6) is 0 Å². The molecule has 6 heteroatoms. The molecule has 0 heterocycles. The lowest BCUT2D eigenvalue weighted by Gasteiger charge is -2.08. The summed E-state index contributed by atoms with van der Waals surface area (Å²) in [6.07, 6.45) is 0. The normalized spacial score (nSPS) is 10.9. The Morgan fingerprint density at radius 2 is 1.88 bits per heavy atom. The van der Waals surface area contributed by atoms with Crippen molar-refractivity contribution in [1.82, 2.24) is 5.32 Å². The summed E-state index contributed by atoms with van der Waals surface area (Å²) in [6.45, 7) is 1.49. The summed E-state index contributed by atoms with van der Waals surface area (Å²) in [5.41, 5.74) is 6.03. The minimum Gasteiger partial charge on any atom is -0.346 e. The summed E-state index contributed by atoms with van der Waals surface area (Å²) < 4.78 is 0. The maximum absolute atomic E-state index is 11.4. The molecule has 0 aromatic heterocycles. The predicted molar refractivity (Wildman–Crippen MR) is 69.0 cm³/mol. The van der Waals surface area contributed by atoms with Crippen LogP contribution in [0.25, 0.3) is 0 Å². The fourth-order valence-corrected chi connectivity index (χ4v) is 1.06. The van der Waals surface area contributed by atoms with E-state index in [9.17, 15) is 9.59 Å². The topological polar surface area (TPSA) is 84.2 Å². The van der Waals surface area contributed by atoms with Crippen LogP contribution in [0.15, 0.2) is 30.3 Å². The molecule has 1 aromatic carbocycles. The number of para-hydroxylation sites is 1. The largest absolute Gasteiger partial charge is 0.346 e. The van der Waals surface area contributed by atoms with Crippen LogP contribution in [0.1, 0.15) is 6.92 Å². The van der Waals surface area contributed by atoms with Crippen molar-refractivity contribution in [2.24, 2.45) is 5.73 Å². The number of anilines is 1. The maximum Gasteiger partial charge on any atom is 0.243 e. The molecule has 0 spiro atoms. The number of carbonyl (C=O) groups is 2. The van der Waals surface area contributed by atoms with Crippen LogP contribution in [0.3, 0.4) is 0 Å². The fourth-order valence-electron chi connectivity index (χ4n) is 1.06. The van der Waals surface area contributed by atoms with Gasteiger partial charge in [-0.2, -0.15) is 0 Å². The summed E-state index contributed by atoms with van der Waals surface area (Å²) in [4.78, 5) is 22.5. The van der Waals surface area contributed by atoms with Crippen molar-refractivity contribution >= 4 is 29.9 Å². The Labute approximate surface area is 106 Å². The Hall–Kier alpha value is -1.59. The zero-order valence-electron chi connectivity index (χ0n) is 9.47. The van der Waals surface area contributed by atoms with Crippen LogP contribution in [0.2, 0.25) is 0 Å². The number of benzene rings is 1. The Morgan fingerprint density at radius 1 is 1.29 bits per heavy atom. The molecule has 1 rings (SSSR count). The molecule has 0 saturated carbocycles. The van der Waals surface area contributed by atoms with Crippen LogP contribution in [0, 0.1) is 0 Å². The first kappa shape index (κ1) is 15.4. The molecule has 0 aliphatic heterocycles. The highest BCUT2D eigenvalue weighted by molar-refractivity contribution is 5.95. The number of nitrogens with one attached hydrogen (secondary N) is 2. The zero-order valence-corrected chi connectivity index (χ0v) is 10.3. The second kappa shape index (κ2) is 7.65. The van der Waals surface area contributed by atoms with Crippen molar-refractivity contribution < 1.29 is 9.59 Å². The third-order valence-corrected chi connectivity index (χ3v) is 1.89. The first-order valence-corrected chi connectivity index (χ1v) is 4.98. The molecule has 17 heavy (non-hydrogen) atoms. The van der Waals surface area contributed by atoms with Gasteiger partial charge < -0.3 is 16.4 Å². The highest BCUT2D eigenvalue weighted by Gasteiger charge is 2.08. The van der Waals surface area contributed by atoms with Crippen molar-refractivity contribution in [2.45, 2.75) is 13.0 Å². The van der Waals surface area contributed by atoms with Gasteiger partial charge in [0, 0.05) is 5.69 Å². The van der Waals surface area contributed by atoms with Crippen molar-refractivity contribution in [3.63, 3.8) is 0 Å². The van der Waals surface area contributed by atoms with Crippen molar-refractivity contribution in [3.8, 4) is 0 Å². The quantitative estimate of drug-likeness (QED) is 0.735. The molecule has 0 unspecified atom stereocenters. The van der Waals surface area contributed by atoms with E-state index in [1.165, 1.54) is 0 Å². The van der Waals surface area contributed by atoms with Crippen LogP contribution in [-0.4, -0.2) is 24.4 Å². The second-order valence-electron chi connectivity index (χ2n) is 3.42. The molecule has 0 aliphatic rings. The van der Waals surface area contributed by atoms with Gasteiger partial charge in [-0.05, 0) is 19.1 Å². The molecular formula is C11H16ClN3O2. The van der Waals surface area contributed by atoms with Gasteiger partial charge in [0.15, 0.2) is 0 Å². The summed E-state index contributed by atoms with van der Waals surface area (Å²) in [5, 5.41) is 5.07. The minimum atomic E-state index is -0.607. The van der Waals surface area contributed by atoms with Crippen LogP contribution >= 0.6 is 12.4 Å². The molecule has 0 fully saturated rings. The van der Waals surface area contributed by atoms with Gasteiger partial charge in [0.1, 0.15) is 0 Å². The minimum absolute atomic E-state index is 0. The lowest BCUT2D eigenvalue weighted by Crippen LogP contribution is -2.41. The fraction of sp³-hybridized carbons (Fsp3) is 0.273. The highest BCUT2D eigenvalue weighted by atomic mass is 35.5. The summed E-state index contributed by atoms with van der Waals surface area (Å²) in [5.74, 6) is -0.622.